The van der Waals surface area contributed by atoms with E-state index in [9.17, 15) is 9.59 Å². The average Bonchev–Trinajstić information content (AvgIpc) is 2.68. The first kappa shape index (κ1) is 12.6. The van der Waals surface area contributed by atoms with E-state index in [-0.39, 0.29) is 18.2 Å². The Morgan fingerprint density at radius 2 is 2.28 bits per heavy atom. The van der Waals surface area contributed by atoms with Gasteiger partial charge in [-0.3, -0.25) is 4.79 Å². The summed E-state index contributed by atoms with van der Waals surface area (Å²) in [5.74, 6) is -0.680. The summed E-state index contributed by atoms with van der Waals surface area (Å²) in [6, 6.07) is 1.57. The van der Waals surface area contributed by atoms with Crippen LogP contribution in [0.1, 0.15) is 23.2 Å². The van der Waals surface area contributed by atoms with E-state index in [1.165, 1.54) is 0 Å². The van der Waals surface area contributed by atoms with Crippen molar-refractivity contribution >= 4 is 11.9 Å². The van der Waals surface area contributed by atoms with E-state index in [0.29, 0.717) is 18.8 Å². The summed E-state index contributed by atoms with van der Waals surface area (Å²) in [5.41, 5.74) is -0.333. The van der Waals surface area contributed by atoms with Gasteiger partial charge in [-0.2, -0.15) is 0 Å². The van der Waals surface area contributed by atoms with E-state index in [0.717, 1.165) is 0 Å². The molecule has 1 saturated heterocycles. The molecule has 0 aromatic carbocycles. The van der Waals surface area contributed by atoms with Gasteiger partial charge in [0.1, 0.15) is 18.0 Å². The highest BCUT2D eigenvalue weighted by atomic mass is 16.5. The lowest BCUT2D eigenvalue weighted by atomic mass is 9.96. The predicted octanol–water partition coefficient (Wildman–Crippen LogP) is 0.299. The summed E-state index contributed by atoms with van der Waals surface area (Å²) in [7, 11) is 0. The van der Waals surface area contributed by atoms with Gasteiger partial charge < -0.3 is 19.3 Å². The van der Waals surface area contributed by atoms with Crippen LogP contribution in [0.4, 0.5) is 0 Å². The molecule has 1 aromatic rings. The van der Waals surface area contributed by atoms with Gasteiger partial charge in [-0.15, -0.1) is 0 Å². The van der Waals surface area contributed by atoms with Gasteiger partial charge in [0.2, 0.25) is 0 Å². The van der Waals surface area contributed by atoms with Crippen molar-refractivity contribution in [3.8, 4) is 0 Å². The number of amides is 1. The highest BCUT2D eigenvalue weighted by Crippen LogP contribution is 2.26. The van der Waals surface area contributed by atoms with Gasteiger partial charge >= 0.3 is 5.97 Å². The first-order valence-electron chi connectivity index (χ1n) is 5.48. The molecule has 0 radical (unpaired) electrons. The molecule has 0 spiro atoms. The van der Waals surface area contributed by atoms with Crippen LogP contribution < -0.4 is 0 Å². The third kappa shape index (κ3) is 2.51. The second-order valence-corrected chi connectivity index (χ2v) is 4.62. The first-order chi connectivity index (χ1) is 8.39. The number of likely N-dealkylation sites (tertiary alicyclic amines) is 1. The van der Waals surface area contributed by atoms with Crippen LogP contribution in [0.15, 0.2) is 10.6 Å². The Balaban J connectivity index is 1.88. The molecule has 1 aliphatic heterocycles. The minimum atomic E-state index is -1.02. The molecule has 7 heteroatoms. The summed E-state index contributed by atoms with van der Waals surface area (Å²) in [6.07, 6.45) is 0. The molecule has 0 bridgehead atoms. The molecule has 7 nitrogen and oxygen atoms in total. The zero-order valence-electron chi connectivity index (χ0n) is 10.2. The molecule has 1 aliphatic rings. The van der Waals surface area contributed by atoms with Crippen LogP contribution in [-0.4, -0.2) is 52.3 Å². The number of rotatable bonds is 4. The predicted molar refractivity (Wildman–Crippen MR) is 59.1 cm³/mol. The number of carbonyl (C=O) groups excluding carboxylic acids is 1. The minimum Gasteiger partial charge on any atom is -0.480 e. The highest BCUT2D eigenvalue weighted by Gasteiger charge is 2.43. The number of carboxylic acid groups (broad SMARTS) is 1. The Hall–Kier alpha value is -1.89. The number of aliphatic carboxylic acids is 1. The number of carbonyl (C=O) groups is 2. The fourth-order valence-electron chi connectivity index (χ4n) is 1.86. The average molecular weight is 254 g/mol. The van der Waals surface area contributed by atoms with Gasteiger partial charge in [-0.1, -0.05) is 5.16 Å². The number of carboxylic acids is 1. The molecule has 2 heterocycles. The van der Waals surface area contributed by atoms with Crippen molar-refractivity contribution in [2.24, 2.45) is 0 Å². The van der Waals surface area contributed by atoms with Gasteiger partial charge in [-0.25, -0.2) is 4.79 Å². The lowest BCUT2D eigenvalue weighted by Gasteiger charge is -2.46. The zero-order valence-corrected chi connectivity index (χ0v) is 10.2. The van der Waals surface area contributed by atoms with E-state index in [1.54, 1.807) is 24.8 Å². The van der Waals surface area contributed by atoms with Gasteiger partial charge in [0.05, 0.1) is 13.1 Å². The van der Waals surface area contributed by atoms with Crippen molar-refractivity contribution in [3.63, 3.8) is 0 Å². The fraction of sp³-hybridized carbons (Fsp3) is 0.545. The third-order valence-electron chi connectivity index (χ3n) is 2.73. The van der Waals surface area contributed by atoms with Crippen molar-refractivity contribution < 1.29 is 24.0 Å². The standard InChI is InChI=1S/C11H14N2O5/c1-7-3-8(12-18-7)10(16)13-5-11(2,6-13)17-4-9(14)15/h3H,4-6H2,1-2H3,(H,14,15). The van der Waals surface area contributed by atoms with Crippen molar-refractivity contribution in [1.29, 1.82) is 0 Å². The number of aryl methyl sites for hydroxylation is 1. The van der Waals surface area contributed by atoms with Crippen LogP contribution in [0.3, 0.4) is 0 Å². The summed E-state index contributed by atoms with van der Waals surface area (Å²) < 4.78 is 10.0. The monoisotopic (exact) mass is 254 g/mol. The summed E-state index contributed by atoms with van der Waals surface area (Å²) in [5, 5.41) is 12.2. The summed E-state index contributed by atoms with van der Waals surface area (Å²) in [6.45, 7) is 3.82. The Morgan fingerprint density at radius 1 is 1.61 bits per heavy atom. The SMILES string of the molecule is Cc1cc(C(=O)N2CC(C)(OCC(=O)O)C2)no1. The van der Waals surface area contributed by atoms with Crippen molar-refractivity contribution in [1.82, 2.24) is 10.1 Å². The van der Waals surface area contributed by atoms with Crippen molar-refractivity contribution in [2.75, 3.05) is 19.7 Å². The molecule has 1 aromatic heterocycles. The molecule has 0 unspecified atom stereocenters. The van der Waals surface area contributed by atoms with Crippen molar-refractivity contribution in [2.45, 2.75) is 19.4 Å². The molecule has 2 rings (SSSR count). The smallest absolute Gasteiger partial charge is 0.329 e. The summed E-state index contributed by atoms with van der Waals surface area (Å²) in [4.78, 5) is 23.8. The quantitative estimate of drug-likeness (QED) is 0.830. The van der Waals surface area contributed by atoms with Gasteiger partial charge in [0, 0.05) is 6.07 Å². The Labute approximate surface area is 103 Å². The molecule has 0 aliphatic carbocycles. The summed E-state index contributed by atoms with van der Waals surface area (Å²) >= 11 is 0. The number of nitrogens with zero attached hydrogens (tertiary/aromatic N) is 2. The Bertz CT molecular complexity index is 476. The van der Waals surface area contributed by atoms with Crippen molar-refractivity contribution in [3.05, 3.63) is 17.5 Å². The maximum atomic E-state index is 11.9. The fourth-order valence-corrected chi connectivity index (χ4v) is 1.86. The molecule has 1 fully saturated rings. The molecular formula is C11H14N2O5. The molecule has 98 valence electrons. The first-order valence-corrected chi connectivity index (χ1v) is 5.48. The number of ether oxygens (including phenoxy) is 1. The molecular weight excluding hydrogens is 240 g/mol. The molecule has 1 amide bonds. The molecule has 18 heavy (non-hydrogen) atoms. The van der Waals surface area contributed by atoms with E-state index in [4.69, 9.17) is 14.4 Å². The van der Waals surface area contributed by atoms with Crippen LogP contribution in [0.5, 0.6) is 0 Å². The van der Waals surface area contributed by atoms with Gasteiger partial charge in [-0.05, 0) is 13.8 Å². The molecule has 0 atom stereocenters. The van der Waals surface area contributed by atoms with E-state index in [1.807, 2.05) is 0 Å². The number of hydrogen-bond donors (Lipinski definition) is 1. The van der Waals surface area contributed by atoms with Crippen LogP contribution in [0, 0.1) is 6.92 Å². The lowest BCUT2D eigenvalue weighted by Crippen LogP contribution is -2.63. The molecule has 1 N–H and O–H groups in total. The van der Waals surface area contributed by atoms with Crippen LogP contribution in [0.25, 0.3) is 0 Å². The second-order valence-electron chi connectivity index (χ2n) is 4.62. The van der Waals surface area contributed by atoms with Crippen LogP contribution in [-0.2, 0) is 9.53 Å². The van der Waals surface area contributed by atoms with Crippen LogP contribution in [0.2, 0.25) is 0 Å². The molecule has 0 saturated carbocycles. The second kappa shape index (κ2) is 4.41. The Morgan fingerprint density at radius 3 is 2.78 bits per heavy atom. The number of aromatic nitrogens is 1. The highest BCUT2D eigenvalue weighted by molar-refractivity contribution is 5.93. The minimum absolute atomic E-state index is 0.233. The number of hydrogen-bond acceptors (Lipinski definition) is 5. The van der Waals surface area contributed by atoms with E-state index < -0.39 is 11.6 Å². The largest absolute Gasteiger partial charge is 0.480 e. The van der Waals surface area contributed by atoms with E-state index >= 15 is 0 Å². The zero-order chi connectivity index (χ0) is 13.3. The van der Waals surface area contributed by atoms with E-state index in [2.05, 4.69) is 5.16 Å². The normalized spacial score (nSPS) is 17.3. The maximum Gasteiger partial charge on any atom is 0.329 e. The van der Waals surface area contributed by atoms with Crippen LogP contribution >= 0.6 is 0 Å². The van der Waals surface area contributed by atoms with Gasteiger partial charge in [0.25, 0.3) is 5.91 Å². The lowest BCUT2D eigenvalue weighted by molar-refractivity contribution is -0.160. The Kier molecular flexibility index (Phi) is 3.08. The maximum absolute atomic E-state index is 11.9. The topological polar surface area (TPSA) is 92.9 Å². The van der Waals surface area contributed by atoms with Gasteiger partial charge in [0.15, 0.2) is 5.69 Å². The third-order valence-corrected chi connectivity index (χ3v) is 2.73.